The Morgan fingerprint density at radius 2 is 2.03 bits per heavy atom. The van der Waals surface area contributed by atoms with Gasteiger partial charge in [-0.25, -0.2) is 0 Å². The number of nitriles is 1. The number of nitrogens with one attached hydrogen (secondary N) is 1. The molecular formula is C24H28N6O. The Balaban J connectivity index is 1.58. The number of aryl methyl sites for hydroxylation is 2. The molecule has 1 atom stereocenters. The molecule has 31 heavy (non-hydrogen) atoms. The maximum absolute atomic E-state index is 9.33. The van der Waals surface area contributed by atoms with Gasteiger partial charge in [0.05, 0.1) is 6.04 Å². The monoisotopic (exact) mass is 416 g/mol. The molecule has 0 amide bonds. The second-order valence-electron chi connectivity index (χ2n) is 8.39. The van der Waals surface area contributed by atoms with Gasteiger partial charge in [-0.2, -0.15) is 10.2 Å². The highest BCUT2D eigenvalue weighted by atomic mass is 16.4. The van der Waals surface area contributed by atoms with Crippen LogP contribution < -0.4 is 10.2 Å². The van der Waals surface area contributed by atoms with Crippen molar-refractivity contribution in [2.45, 2.75) is 33.7 Å². The zero-order valence-corrected chi connectivity index (χ0v) is 18.5. The molecule has 3 aromatic rings. The molecule has 2 heterocycles. The van der Waals surface area contributed by atoms with Crippen molar-refractivity contribution in [2.75, 3.05) is 29.9 Å². The number of oxazole rings is 1. The molecule has 4 rings (SSSR count). The summed E-state index contributed by atoms with van der Waals surface area (Å²) in [6, 6.07) is 14.9. The molecule has 7 heteroatoms. The predicted octanol–water partition coefficient (Wildman–Crippen LogP) is 4.54. The van der Waals surface area contributed by atoms with Crippen molar-refractivity contribution in [3.8, 4) is 6.19 Å². The van der Waals surface area contributed by atoms with E-state index in [1.54, 1.807) is 0 Å². The minimum Gasteiger partial charge on any atom is -0.423 e. The fraction of sp³-hybridized carbons (Fsp3) is 0.375. The Morgan fingerprint density at radius 1 is 1.23 bits per heavy atom. The Labute approximate surface area is 183 Å². The molecular weight excluding hydrogens is 388 g/mol. The minimum absolute atomic E-state index is 0.147. The first-order valence-electron chi connectivity index (χ1n) is 10.6. The molecule has 1 fully saturated rings. The maximum Gasteiger partial charge on any atom is 0.298 e. The number of aromatic nitrogens is 1. The first kappa shape index (κ1) is 20.7. The smallest absolute Gasteiger partial charge is 0.298 e. The van der Waals surface area contributed by atoms with E-state index in [0.717, 1.165) is 41.0 Å². The second kappa shape index (κ2) is 8.68. The van der Waals surface area contributed by atoms with Gasteiger partial charge >= 0.3 is 0 Å². The summed E-state index contributed by atoms with van der Waals surface area (Å²) >= 11 is 0. The van der Waals surface area contributed by atoms with E-state index in [4.69, 9.17) is 9.40 Å². The number of fused-ring (bicyclic) bond motifs is 1. The van der Waals surface area contributed by atoms with Crippen molar-refractivity contribution >= 4 is 28.8 Å². The molecule has 0 aliphatic carbocycles. The molecule has 1 aromatic heterocycles. The number of anilines is 2. The molecule has 1 aliphatic heterocycles. The zero-order chi connectivity index (χ0) is 22.0. The van der Waals surface area contributed by atoms with Gasteiger partial charge in [-0.05, 0) is 49.1 Å². The summed E-state index contributed by atoms with van der Waals surface area (Å²) in [5, 5.41) is 12.7. The Hall–Kier alpha value is -3.53. The van der Waals surface area contributed by atoms with E-state index < -0.39 is 0 Å². The number of benzene rings is 2. The van der Waals surface area contributed by atoms with E-state index >= 15 is 0 Å². The number of hydrogen-bond acceptors (Lipinski definition) is 5. The highest BCUT2D eigenvalue weighted by molar-refractivity contribution is 5.95. The highest BCUT2D eigenvalue weighted by Crippen LogP contribution is 2.27. The largest absolute Gasteiger partial charge is 0.423 e. The average molecular weight is 417 g/mol. The van der Waals surface area contributed by atoms with E-state index in [1.165, 1.54) is 0 Å². The van der Waals surface area contributed by atoms with Crippen molar-refractivity contribution in [1.82, 2.24) is 9.88 Å². The topological polar surface area (TPSA) is 80.7 Å². The fourth-order valence-electron chi connectivity index (χ4n) is 4.02. The zero-order valence-electron chi connectivity index (χ0n) is 18.5. The highest BCUT2D eigenvalue weighted by Gasteiger charge is 2.33. The molecule has 0 bridgehead atoms. The van der Waals surface area contributed by atoms with Gasteiger partial charge in [0.1, 0.15) is 5.52 Å². The van der Waals surface area contributed by atoms with Crippen molar-refractivity contribution in [1.29, 1.82) is 5.26 Å². The van der Waals surface area contributed by atoms with E-state index in [1.807, 2.05) is 62.5 Å². The van der Waals surface area contributed by atoms with Gasteiger partial charge < -0.3 is 19.5 Å². The lowest BCUT2D eigenvalue weighted by Crippen LogP contribution is -2.58. The van der Waals surface area contributed by atoms with Crippen LogP contribution in [0.2, 0.25) is 0 Å². The van der Waals surface area contributed by atoms with Crippen molar-refractivity contribution < 1.29 is 4.42 Å². The standard InChI is InChI=1S/C24H28N6O/c1-16(2)21-14-29(24-28-20-10-9-17(3)13-22(20)31-24)11-12-30(21)23(26-15-25)27-19-8-6-5-7-18(19)4/h5-10,13,16,21H,11-12,14H2,1-4H3,(H,26,27). The van der Waals surface area contributed by atoms with Crippen LogP contribution in [0.1, 0.15) is 25.0 Å². The molecule has 0 saturated carbocycles. The van der Waals surface area contributed by atoms with Crippen molar-refractivity contribution in [3.05, 3.63) is 53.6 Å². The number of para-hydroxylation sites is 1. The first-order valence-corrected chi connectivity index (χ1v) is 10.6. The molecule has 1 saturated heterocycles. The summed E-state index contributed by atoms with van der Waals surface area (Å²) < 4.78 is 6.07. The van der Waals surface area contributed by atoms with E-state index in [0.29, 0.717) is 24.4 Å². The summed E-state index contributed by atoms with van der Waals surface area (Å²) in [5.41, 5.74) is 4.90. The summed E-state index contributed by atoms with van der Waals surface area (Å²) in [5.74, 6) is 0.931. The van der Waals surface area contributed by atoms with Crippen LogP contribution in [-0.2, 0) is 0 Å². The maximum atomic E-state index is 9.33. The molecule has 0 radical (unpaired) electrons. The summed E-state index contributed by atoms with van der Waals surface area (Å²) in [6.07, 6.45) is 1.97. The lowest BCUT2D eigenvalue weighted by atomic mass is 10.00. The van der Waals surface area contributed by atoms with E-state index in [2.05, 4.69) is 34.0 Å². The van der Waals surface area contributed by atoms with Crippen LogP contribution in [0.4, 0.5) is 11.7 Å². The van der Waals surface area contributed by atoms with Gasteiger partial charge in [0.15, 0.2) is 5.58 Å². The molecule has 0 spiro atoms. The Bertz CT molecular complexity index is 1140. The molecule has 2 aromatic carbocycles. The van der Waals surface area contributed by atoms with Crippen LogP contribution in [0.15, 0.2) is 51.9 Å². The molecule has 160 valence electrons. The van der Waals surface area contributed by atoms with Crippen molar-refractivity contribution in [3.63, 3.8) is 0 Å². The van der Waals surface area contributed by atoms with Gasteiger partial charge in [-0.1, -0.05) is 38.1 Å². The number of piperazine rings is 1. The fourth-order valence-corrected chi connectivity index (χ4v) is 4.02. The van der Waals surface area contributed by atoms with Crippen LogP contribution in [0, 0.1) is 31.2 Å². The Kier molecular flexibility index (Phi) is 5.81. The molecule has 1 N–H and O–H groups in total. The quantitative estimate of drug-likeness (QED) is 0.384. The number of aliphatic imine (C=N–C) groups is 1. The van der Waals surface area contributed by atoms with E-state index in [-0.39, 0.29) is 6.04 Å². The number of hydrogen-bond donors (Lipinski definition) is 1. The van der Waals surface area contributed by atoms with Crippen LogP contribution >= 0.6 is 0 Å². The lowest BCUT2D eigenvalue weighted by molar-refractivity contribution is 0.220. The van der Waals surface area contributed by atoms with Crippen LogP contribution in [-0.4, -0.2) is 41.5 Å². The van der Waals surface area contributed by atoms with Gasteiger partial charge in [0.25, 0.3) is 6.01 Å². The third-order valence-electron chi connectivity index (χ3n) is 5.81. The van der Waals surface area contributed by atoms with Crippen molar-refractivity contribution in [2.24, 2.45) is 10.9 Å². The molecule has 7 nitrogen and oxygen atoms in total. The number of nitrogens with zero attached hydrogens (tertiary/aromatic N) is 5. The molecule has 1 unspecified atom stereocenters. The summed E-state index contributed by atoms with van der Waals surface area (Å²) in [6.45, 7) is 10.6. The van der Waals surface area contributed by atoms with Gasteiger partial charge in [-0.3, -0.25) is 0 Å². The second-order valence-corrected chi connectivity index (χ2v) is 8.39. The van der Waals surface area contributed by atoms with Gasteiger partial charge in [0.2, 0.25) is 12.2 Å². The molecule has 1 aliphatic rings. The van der Waals surface area contributed by atoms with Crippen LogP contribution in [0.5, 0.6) is 0 Å². The summed E-state index contributed by atoms with van der Waals surface area (Å²) in [4.78, 5) is 13.2. The predicted molar refractivity (Wildman–Crippen MR) is 124 cm³/mol. The SMILES string of the molecule is Cc1ccc2nc(N3CCN(/C(=N\C#N)Nc4ccccc4C)C(C(C)C)C3)oc2c1. The minimum atomic E-state index is 0.147. The van der Waals surface area contributed by atoms with Gasteiger partial charge in [-0.15, -0.1) is 4.99 Å². The third-order valence-corrected chi connectivity index (χ3v) is 5.81. The van der Waals surface area contributed by atoms with Crippen LogP contribution in [0.3, 0.4) is 0 Å². The Morgan fingerprint density at radius 3 is 2.77 bits per heavy atom. The van der Waals surface area contributed by atoms with E-state index in [9.17, 15) is 5.26 Å². The normalized spacial score (nSPS) is 17.3. The first-order chi connectivity index (χ1) is 15.0. The average Bonchev–Trinajstić information content (AvgIpc) is 3.17. The lowest BCUT2D eigenvalue weighted by Gasteiger charge is -2.44. The third kappa shape index (κ3) is 4.33. The van der Waals surface area contributed by atoms with Crippen LogP contribution in [0.25, 0.3) is 11.1 Å². The number of guanidine groups is 1. The number of rotatable bonds is 3. The van der Waals surface area contributed by atoms with Gasteiger partial charge in [0, 0.05) is 25.3 Å². The summed E-state index contributed by atoms with van der Waals surface area (Å²) in [7, 11) is 0.